The number of carbonyl (C=O) groups excluding carboxylic acids is 1. The predicted molar refractivity (Wildman–Crippen MR) is 48.7 cm³/mol. The first-order chi connectivity index (χ1) is 5.70. The fraction of sp³-hybridized carbons (Fsp3) is 0.667. The Balaban J connectivity index is 3.39. The quantitative estimate of drug-likeness (QED) is 0.578. The molecule has 0 aromatic rings. The van der Waals surface area contributed by atoms with Gasteiger partial charge in [0.15, 0.2) is 0 Å². The van der Waals surface area contributed by atoms with Crippen LogP contribution in [-0.2, 0) is 4.79 Å². The maximum absolute atomic E-state index is 10.9. The van der Waals surface area contributed by atoms with Crippen LogP contribution in [0.2, 0.25) is 0 Å². The number of amides is 1. The standard InChI is InChI=1S/C9H17NO2/c1-3-4-9(12)10-7-8(2)5-6-11/h3,8,11H,1,4-7H2,2H3,(H,10,12). The van der Waals surface area contributed by atoms with Crippen LogP contribution in [0.15, 0.2) is 12.7 Å². The number of aliphatic hydroxyl groups excluding tert-OH is 1. The van der Waals surface area contributed by atoms with Crippen molar-refractivity contribution in [2.45, 2.75) is 19.8 Å². The monoisotopic (exact) mass is 171 g/mol. The first-order valence-corrected chi connectivity index (χ1v) is 4.19. The number of hydrogen-bond donors (Lipinski definition) is 2. The summed E-state index contributed by atoms with van der Waals surface area (Å²) in [5.74, 6) is 0.332. The molecule has 2 N–H and O–H groups in total. The molecule has 3 nitrogen and oxygen atoms in total. The number of nitrogens with one attached hydrogen (secondary N) is 1. The molecule has 1 amide bonds. The molecule has 0 spiro atoms. The lowest BCUT2D eigenvalue weighted by atomic mass is 10.1. The lowest BCUT2D eigenvalue weighted by Gasteiger charge is -2.09. The first-order valence-electron chi connectivity index (χ1n) is 4.19. The smallest absolute Gasteiger partial charge is 0.223 e. The van der Waals surface area contributed by atoms with Gasteiger partial charge in [-0.15, -0.1) is 6.58 Å². The number of carbonyl (C=O) groups is 1. The molecule has 1 unspecified atom stereocenters. The fourth-order valence-electron chi connectivity index (χ4n) is 0.814. The molecule has 0 aromatic carbocycles. The van der Waals surface area contributed by atoms with Gasteiger partial charge in [0.2, 0.25) is 5.91 Å². The molecule has 1 atom stereocenters. The summed E-state index contributed by atoms with van der Waals surface area (Å²) < 4.78 is 0. The lowest BCUT2D eigenvalue weighted by Crippen LogP contribution is -2.27. The van der Waals surface area contributed by atoms with Crippen LogP contribution >= 0.6 is 0 Å². The Hall–Kier alpha value is -0.830. The maximum atomic E-state index is 10.9. The second-order valence-electron chi connectivity index (χ2n) is 2.91. The van der Waals surface area contributed by atoms with Crippen molar-refractivity contribution in [2.24, 2.45) is 5.92 Å². The molecule has 0 aromatic heterocycles. The summed E-state index contributed by atoms with van der Waals surface area (Å²) in [6, 6.07) is 0. The molecule has 70 valence electrons. The van der Waals surface area contributed by atoms with Crippen molar-refractivity contribution in [2.75, 3.05) is 13.2 Å². The van der Waals surface area contributed by atoms with Gasteiger partial charge in [0.05, 0.1) is 0 Å². The van der Waals surface area contributed by atoms with Crippen molar-refractivity contribution < 1.29 is 9.90 Å². The lowest BCUT2D eigenvalue weighted by molar-refractivity contribution is -0.120. The Kier molecular flexibility index (Phi) is 6.38. The SMILES string of the molecule is C=CCC(=O)NCC(C)CCO. The van der Waals surface area contributed by atoms with E-state index < -0.39 is 0 Å². The van der Waals surface area contributed by atoms with Gasteiger partial charge in [0, 0.05) is 19.6 Å². The Morgan fingerprint density at radius 3 is 2.92 bits per heavy atom. The Morgan fingerprint density at radius 2 is 2.42 bits per heavy atom. The summed E-state index contributed by atoms with van der Waals surface area (Å²) in [5, 5.41) is 11.3. The second kappa shape index (κ2) is 6.85. The number of aliphatic hydroxyl groups is 1. The average molecular weight is 171 g/mol. The zero-order valence-electron chi connectivity index (χ0n) is 7.55. The van der Waals surface area contributed by atoms with Crippen molar-refractivity contribution in [3.8, 4) is 0 Å². The molecule has 0 heterocycles. The molecule has 0 saturated heterocycles. The van der Waals surface area contributed by atoms with Crippen molar-refractivity contribution in [3.63, 3.8) is 0 Å². The fourth-order valence-corrected chi connectivity index (χ4v) is 0.814. The Morgan fingerprint density at radius 1 is 1.75 bits per heavy atom. The van der Waals surface area contributed by atoms with Crippen LogP contribution in [0.5, 0.6) is 0 Å². The first kappa shape index (κ1) is 11.2. The van der Waals surface area contributed by atoms with E-state index in [1.807, 2.05) is 6.92 Å². The molecule has 0 aliphatic rings. The molecular formula is C9H17NO2. The molecule has 0 saturated carbocycles. The third kappa shape index (κ3) is 5.92. The normalized spacial score (nSPS) is 12.2. The molecule has 0 rings (SSSR count). The van der Waals surface area contributed by atoms with E-state index in [0.29, 0.717) is 18.9 Å². The van der Waals surface area contributed by atoms with Crippen LogP contribution in [0, 0.1) is 5.92 Å². The molecular weight excluding hydrogens is 154 g/mol. The van der Waals surface area contributed by atoms with Gasteiger partial charge >= 0.3 is 0 Å². The van der Waals surface area contributed by atoms with Crippen LogP contribution in [-0.4, -0.2) is 24.2 Å². The van der Waals surface area contributed by atoms with Gasteiger partial charge in [-0.1, -0.05) is 13.0 Å². The van der Waals surface area contributed by atoms with Gasteiger partial charge in [-0.25, -0.2) is 0 Å². The Bertz CT molecular complexity index is 145. The molecule has 0 aliphatic heterocycles. The van der Waals surface area contributed by atoms with Crippen molar-refractivity contribution >= 4 is 5.91 Å². The molecule has 0 bridgehead atoms. The highest BCUT2D eigenvalue weighted by Gasteiger charge is 2.02. The van der Waals surface area contributed by atoms with Gasteiger partial charge in [0.25, 0.3) is 0 Å². The minimum absolute atomic E-state index is 0.00482. The zero-order chi connectivity index (χ0) is 9.40. The maximum Gasteiger partial charge on any atom is 0.223 e. The summed E-state index contributed by atoms with van der Waals surface area (Å²) in [6.07, 6.45) is 2.67. The largest absolute Gasteiger partial charge is 0.396 e. The second-order valence-corrected chi connectivity index (χ2v) is 2.91. The van der Waals surface area contributed by atoms with E-state index in [0.717, 1.165) is 6.42 Å². The van der Waals surface area contributed by atoms with E-state index in [-0.39, 0.29) is 12.5 Å². The summed E-state index contributed by atoms with van der Waals surface area (Å²) in [7, 11) is 0. The van der Waals surface area contributed by atoms with Crippen molar-refractivity contribution in [1.82, 2.24) is 5.32 Å². The van der Waals surface area contributed by atoms with Crippen molar-refractivity contribution in [1.29, 1.82) is 0 Å². The van der Waals surface area contributed by atoms with E-state index in [1.54, 1.807) is 6.08 Å². The van der Waals surface area contributed by atoms with E-state index in [4.69, 9.17) is 5.11 Å². The van der Waals surface area contributed by atoms with Gasteiger partial charge < -0.3 is 10.4 Å². The van der Waals surface area contributed by atoms with Gasteiger partial charge in [-0.3, -0.25) is 4.79 Å². The summed E-state index contributed by atoms with van der Waals surface area (Å²) in [5.41, 5.74) is 0. The minimum atomic E-state index is -0.00482. The van der Waals surface area contributed by atoms with Crippen LogP contribution in [0.1, 0.15) is 19.8 Å². The molecule has 12 heavy (non-hydrogen) atoms. The summed E-state index contributed by atoms with van der Waals surface area (Å²) in [4.78, 5) is 10.9. The molecule has 3 heteroatoms. The number of rotatable bonds is 6. The van der Waals surface area contributed by atoms with Crippen LogP contribution < -0.4 is 5.32 Å². The predicted octanol–water partition coefficient (Wildman–Crippen LogP) is 0.697. The third-order valence-electron chi connectivity index (χ3n) is 1.60. The third-order valence-corrected chi connectivity index (χ3v) is 1.60. The topological polar surface area (TPSA) is 49.3 Å². The van der Waals surface area contributed by atoms with E-state index >= 15 is 0 Å². The zero-order valence-corrected chi connectivity index (χ0v) is 7.55. The summed E-state index contributed by atoms with van der Waals surface area (Å²) in [6.45, 7) is 6.26. The van der Waals surface area contributed by atoms with E-state index in [1.165, 1.54) is 0 Å². The van der Waals surface area contributed by atoms with E-state index in [2.05, 4.69) is 11.9 Å². The molecule has 0 aliphatic carbocycles. The minimum Gasteiger partial charge on any atom is -0.396 e. The van der Waals surface area contributed by atoms with Crippen LogP contribution in [0.4, 0.5) is 0 Å². The van der Waals surface area contributed by atoms with Gasteiger partial charge in [0.1, 0.15) is 0 Å². The average Bonchev–Trinajstić information content (AvgIpc) is 2.02. The van der Waals surface area contributed by atoms with E-state index in [9.17, 15) is 4.79 Å². The molecule has 0 fully saturated rings. The van der Waals surface area contributed by atoms with Crippen molar-refractivity contribution in [3.05, 3.63) is 12.7 Å². The highest BCUT2D eigenvalue weighted by molar-refractivity contribution is 5.77. The van der Waals surface area contributed by atoms with Gasteiger partial charge in [-0.05, 0) is 12.3 Å². The Labute approximate surface area is 73.5 Å². The van der Waals surface area contributed by atoms with Crippen LogP contribution in [0.25, 0.3) is 0 Å². The number of hydrogen-bond acceptors (Lipinski definition) is 2. The van der Waals surface area contributed by atoms with Crippen LogP contribution in [0.3, 0.4) is 0 Å². The van der Waals surface area contributed by atoms with Gasteiger partial charge in [-0.2, -0.15) is 0 Å². The highest BCUT2D eigenvalue weighted by atomic mass is 16.3. The summed E-state index contributed by atoms with van der Waals surface area (Å²) >= 11 is 0. The highest BCUT2D eigenvalue weighted by Crippen LogP contribution is 1.97. The molecule has 0 radical (unpaired) electrons.